The predicted molar refractivity (Wildman–Crippen MR) is 134 cm³/mol. The first kappa shape index (κ1) is 26.5. The van der Waals surface area contributed by atoms with Gasteiger partial charge < -0.3 is 14.8 Å². The summed E-state index contributed by atoms with van der Waals surface area (Å²) in [7, 11) is 1.17. The van der Waals surface area contributed by atoms with Crippen molar-refractivity contribution in [2.45, 2.75) is 18.6 Å². The van der Waals surface area contributed by atoms with Gasteiger partial charge in [-0.05, 0) is 42.3 Å². The number of thioether (sulfide) groups is 1. The monoisotopic (exact) mass is 558 g/mol. The number of halogens is 4. The van der Waals surface area contributed by atoms with Crippen molar-refractivity contribution in [2.75, 3.05) is 13.7 Å². The molecule has 1 N–H and O–H groups in total. The van der Waals surface area contributed by atoms with Crippen LogP contribution in [0.5, 0.6) is 5.75 Å². The van der Waals surface area contributed by atoms with Crippen LogP contribution in [-0.2, 0) is 20.1 Å². The summed E-state index contributed by atoms with van der Waals surface area (Å²) < 4.78 is 10.3. The minimum Gasteiger partial charge on any atom is -0.491 e. The van der Waals surface area contributed by atoms with Gasteiger partial charge in [-0.2, -0.15) is 5.26 Å². The van der Waals surface area contributed by atoms with Crippen LogP contribution in [-0.4, -0.2) is 25.6 Å². The Morgan fingerprint density at radius 1 is 1.15 bits per heavy atom. The molecule has 6 nitrogen and oxygen atoms in total. The third-order valence-corrected chi connectivity index (χ3v) is 7.25. The Morgan fingerprint density at radius 3 is 2.38 bits per heavy atom. The highest BCUT2D eigenvalue weighted by Gasteiger charge is 2.44. The molecule has 0 unspecified atom stereocenters. The lowest BCUT2D eigenvalue weighted by molar-refractivity contribution is -0.150. The lowest BCUT2D eigenvalue weighted by Crippen LogP contribution is -2.44. The van der Waals surface area contributed by atoms with E-state index in [9.17, 15) is 14.9 Å². The normalized spacial score (nSPS) is 17.7. The van der Waals surface area contributed by atoms with E-state index in [1.807, 2.05) is 0 Å². The number of nitrogens with one attached hydrogen (secondary N) is 1. The summed E-state index contributed by atoms with van der Waals surface area (Å²) in [5.41, 5.74) is 1.33. The highest BCUT2D eigenvalue weighted by molar-refractivity contribution is 8.02. The van der Waals surface area contributed by atoms with E-state index in [0.29, 0.717) is 33.0 Å². The number of benzene rings is 2. The standard InChI is InChI=1S/C23H18Cl4N2O4S/c1-3-33-20-16(26)6-12(7-17(20)27)18-14(9-28)22(29-21(30)19(18)23(31)32-2)34-10-11-4-5-13(24)8-15(11)25/h4-8,18-19H,3,10H2,1-2H3,(H,29,30)/t18-,19-/m0/s1. The van der Waals surface area contributed by atoms with Crippen LogP contribution in [0.2, 0.25) is 20.1 Å². The molecular formula is C23H18Cl4N2O4S. The van der Waals surface area contributed by atoms with Gasteiger partial charge in [0.2, 0.25) is 5.91 Å². The van der Waals surface area contributed by atoms with Crippen molar-refractivity contribution in [1.82, 2.24) is 5.32 Å². The Labute approximate surface area is 221 Å². The minimum atomic E-state index is -1.31. The molecular weight excluding hydrogens is 542 g/mol. The number of hydrogen-bond acceptors (Lipinski definition) is 6. The van der Waals surface area contributed by atoms with E-state index in [1.165, 1.54) is 31.0 Å². The second kappa shape index (κ2) is 11.6. The Bertz CT molecular complexity index is 1190. The lowest BCUT2D eigenvalue weighted by atomic mass is 9.78. The van der Waals surface area contributed by atoms with Crippen LogP contribution in [0.1, 0.15) is 24.0 Å². The second-order valence-electron chi connectivity index (χ2n) is 7.09. The van der Waals surface area contributed by atoms with Crippen LogP contribution in [0.25, 0.3) is 0 Å². The van der Waals surface area contributed by atoms with Crippen molar-refractivity contribution in [2.24, 2.45) is 5.92 Å². The first-order valence-corrected chi connectivity index (χ1v) is 12.4. The Hall–Kier alpha value is -2.08. The zero-order valence-electron chi connectivity index (χ0n) is 18.0. The topological polar surface area (TPSA) is 88.4 Å². The Balaban J connectivity index is 2.09. The number of nitriles is 1. The third kappa shape index (κ3) is 5.59. The fourth-order valence-electron chi connectivity index (χ4n) is 3.51. The van der Waals surface area contributed by atoms with E-state index in [-0.39, 0.29) is 21.4 Å². The van der Waals surface area contributed by atoms with Crippen molar-refractivity contribution in [3.8, 4) is 11.8 Å². The van der Waals surface area contributed by atoms with Crippen LogP contribution >= 0.6 is 58.2 Å². The number of nitrogens with zero attached hydrogens (tertiary/aromatic N) is 1. The molecule has 1 aliphatic rings. The number of hydrogen-bond donors (Lipinski definition) is 1. The average Bonchev–Trinajstić information content (AvgIpc) is 2.79. The van der Waals surface area contributed by atoms with Crippen LogP contribution < -0.4 is 10.1 Å². The van der Waals surface area contributed by atoms with Gasteiger partial charge in [-0.25, -0.2) is 0 Å². The summed E-state index contributed by atoms with van der Waals surface area (Å²) in [4.78, 5) is 25.6. The fraction of sp³-hybridized carbons (Fsp3) is 0.261. The van der Waals surface area contributed by atoms with E-state index in [2.05, 4.69) is 11.4 Å². The molecule has 0 radical (unpaired) electrons. The molecule has 0 aromatic heterocycles. The molecule has 0 saturated carbocycles. The van der Waals surface area contributed by atoms with Gasteiger partial charge >= 0.3 is 5.97 Å². The van der Waals surface area contributed by atoms with Gasteiger partial charge in [0.15, 0.2) is 5.75 Å². The molecule has 0 bridgehead atoms. The number of carbonyl (C=O) groups excluding carboxylic acids is 2. The van der Waals surface area contributed by atoms with Crippen LogP contribution in [0.15, 0.2) is 40.9 Å². The Morgan fingerprint density at radius 2 is 1.82 bits per heavy atom. The molecule has 3 rings (SSSR count). The zero-order chi connectivity index (χ0) is 25.0. The van der Waals surface area contributed by atoms with E-state index >= 15 is 0 Å². The predicted octanol–water partition coefficient (Wildman–Crippen LogP) is 6.37. The maximum Gasteiger partial charge on any atom is 0.319 e. The molecule has 34 heavy (non-hydrogen) atoms. The number of allylic oxidation sites excluding steroid dienone is 1. The number of carbonyl (C=O) groups is 2. The van der Waals surface area contributed by atoms with Crippen LogP contribution in [0.3, 0.4) is 0 Å². The maximum absolute atomic E-state index is 13.0. The number of amides is 1. The molecule has 1 aliphatic heterocycles. The zero-order valence-corrected chi connectivity index (χ0v) is 21.8. The third-order valence-electron chi connectivity index (χ3n) is 5.04. The summed E-state index contributed by atoms with van der Waals surface area (Å²) >= 11 is 26.2. The molecule has 0 saturated heterocycles. The fourth-order valence-corrected chi connectivity index (χ4v) is 5.73. The van der Waals surface area contributed by atoms with E-state index < -0.39 is 23.7 Å². The van der Waals surface area contributed by atoms with Gasteiger partial charge in [0.1, 0.15) is 5.92 Å². The Kier molecular flexibility index (Phi) is 9.02. The first-order valence-electron chi connectivity index (χ1n) is 9.93. The first-order chi connectivity index (χ1) is 16.2. The number of methoxy groups -OCH3 is 1. The van der Waals surface area contributed by atoms with Crippen molar-refractivity contribution < 1.29 is 19.1 Å². The maximum atomic E-state index is 13.0. The highest BCUT2D eigenvalue weighted by atomic mass is 35.5. The van der Waals surface area contributed by atoms with Gasteiger partial charge in [0.05, 0.1) is 40.4 Å². The highest BCUT2D eigenvalue weighted by Crippen LogP contribution is 2.44. The SMILES string of the molecule is CCOc1c(Cl)cc([C@H]2C(C#N)=C(SCc3ccc(Cl)cc3Cl)NC(=O)[C@H]2C(=O)OC)cc1Cl. The van der Waals surface area contributed by atoms with Gasteiger partial charge in [-0.15, -0.1) is 11.8 Å². The quantitative estimate of drug-likeness (QED) is 0.313. The molecule has 1 heterocycles. The van der Waals surface area contributed by atoms with E-state index in [4.69, 9.17) is 55.9 Å². The molecule has 178 valence electrons. The molecule has 1 amide bonds. The van der Waals surface area contributed by atoms with Crippen molar-refractivity contribution in [3.05, 3.63) is 72.2 Å². The largest absolute Gasteiger partial charge is 0.491 e. The molecule has 11 heteroatoms. The molecule has 2 aromatic carbocycles. The van der Waals surface area contributed by atoms with Gasteiger partial charge in [0.25, 0.3) is 0 Å². The molecule has 0 fully saturated rings. The second-order valence-corrected chi connectivity index (χ2v) is 9.74. The van der Waals surface area contributed by atoms with Crippen LogP contribution in [0.4, 0.5) is 0 Å². The molecule has 0 spiro atoms. The summed E-state index contributed by atoms with van der Waals surface area (Å²) in [6.45, 7) is 2.12. The number of ether oxygens (including phenoxy) is 2. The average molecular weight is 560 g/mol. The smallest absolute Gasteiger partial charge is 0.319 e. The molecule has 2 aromatic rings. The molecule has 2 atom stereocenters. The van der Waals surface area contributed by atoms with Gasteiger partial charge in [-0.1, -0.05) is 52.5 Å². The minimum absolute atomic E-state index is 0.168. The number of rotatable bonds is 7. The van der Waals surface area contributed by atoms with Gasteiger partial charge in [-0.3, -0.25) is 9.59 Å². The van der Waals surface area contributed by atoms with Crippen molar-refractivity contribution in [1.29, 1.82) is 5.26 Å². The summed E-state index contributed by atoms with van der Waals surface area (Å²) in [5.74, 6) is -3.06. The molecule has 0 aliphatic carbocycles. The summed E-state index contributed by atoms with van der Waals surface area (Å²) in [6, 6.07) is 10.3. The van der Waals surface area contributed by atoms with Gasteiger partial charge in [0, 0.05) is 21.7 Å². The summed E-state index contributed by atoms with van der Waals surface area (Å²) in [5, 5.41) is 14.4. The number of esters is 1. The van der Waals surface area contributed by atoms with Crippen molar-refractivity contribution >= 4 is 70.0 Å². The van der Waals surface area contributed by atoms with Crippen molar-refractivity contribution in [3.63, 3.8) is 0 Å². The lowest BCUT2D eigenvalue weighted by Gasteiger charge is -2.31. The van der Waals surface area contributed by atoms with E-state index in [0.717, 1.165) is 5.56 Å². The van der Waals surface area contributed by atoms with Crippen LogP contribution in [0, 0.1) is 17.2 Å². The van der Waals surface area contributed by atoms with E-state index in [1.54, 1.807) is 25.1 Å². The summed E-state index contributed by atoms with van der Waals surface area (Å²) in [6.07, 6.45) is 0.